The summed E-state index contributed by atoms with van der Waals surface area (Å²) in [5, 5.41) is 21.9. The van der Waals surface area contributed by atoms with Crippen molar-refractivity contribution in [2.75, 3.05) is 0 Å². The molecule has 0 saturated carbocycles. The van der Waals surface area contributed by atoms with Gasteiger partial charge in [0.05, 0.1) is 62.8 Å². The van der Waals surface area contributed by atoms with Crippen molar-refractivity contribution in [1.29, 1.82) is 10.5 Å². The first-order chi connectivity index (χ1) is 32.1. The van der Waals surface area contributed by atoms with Gasteiger partial charge >= 0.3 is 0 Å². The minimum Gasteiger partial charge on any atom is -0.309 e. The zero-order valence-electron chi connectivity index (χ0n) is 34.8. The van der Waals surface area contributed by atoms with Crippen molar-refractivity contribution >= 4 is 21.8 Å². The summed E-state index contributed by atoms with van der Waals surface area (Å²) < 4.78 is 2.29. The van der Waals surface area contributed by atoms with Crippen LogP contribution in [0.15, 0.2) is 212 Å². The molecule has 0 amide bonds. The summed E-state index contributed by atoms with van der Waals surface area (Å²) in [7, 11) is 0. The zero-order chi connectivity index (χ0) is 43.7. The number of aromatic nitrogens is 5. The van der Waals surface area contributed by atoms with Crippen LogP contribution in [0, 0.1) is 22.7 Å². The summed E-state index contributed by atoms with van der Waals surface area (Å²) in [4.78, 5) is 21.0. The molecule has 8 aromatic carbocycles. The molecule has 0 fully saturated rings. The minimum absolute atomic E-state index is 0.429. The topological polar surface area (TPSA) is 104 Å². The van der Waals surface area contributed by atoms with Crippen LogP contribution >= 0.6 is 0 Å². The van der Waals surface area contributed by atoms with Crippen LogP contribution in [0.25, 0.3) is 106 Å². The van der Waals surface area contributed by atoms with Gasteiger partial charge in [0, 0.05) is 44.2 Å². The predicted octanol–water partition coefficient (Wildman–Crippen LogP) is 13.8. The molecule has 0 aliphatic carbocycles. The van der Waals surface area contributed by atoms with Gasteiger partial charge < -0.3 is 4.57 Å². The Morgan fingerprint density at radius 2 is 0.785 bits per heavy atom. The van der Waals surface area contributed by atoms with E-state index in [1.807, 2.05) is 103 Å². The van der Waals surface area contributed by atoms with Crippen LogP contribution in [0.5, 0.6) is 0 Å². The summed E-state index contributed by atoms with van der Waals surface area (Å²) in [5.74, 6) is 1.18. The molecule has 7 heteroatoms. The Bertz CT molecular complexity index is 3520. The molecular weight excluding hydrogens is 795 g/mol. The van der Waals surface area contributed by atoms with Crippen LogP contribution in [0.1, 0.15) is 11.1 Å². The molecule has 11 rings (SSSR count). The third-order valence-corrected chi connectivity index (χ3v) is 11.7. The first kappa shape index (κ1) is 38.6. The quantitative estimate of drug-likeness (QED) is 0.151. The zero-order valence-corrected chi connectivity index (χ0v) is 34.8. The average Bonchev–Trinajstić information content (AvgIpc) is 3.72. The predicted molar refractivity (Wildman–Crippen MR) is 259 cm³/mol. The number of benzene rings is 8. The van der Waals surface area contributed by atoms with E-state index in [2.05, 4.69) is 120 Å². The second-order valence-electron chi connectivity index (χ2n) is 15.7. The van der Waals surface area contributed by atoms with Gasteiger partial charge in [-0.25, -0.2) is 19.9 Å². The van der Waals surface area contributed by atoms with E-state index in [1.165, 1.54) is 0 Å². The van der Waals surface area contributed by atoms with Crippen molar-refractivity contribution < 1.29 is 0 Å². The maximum Gasteiger partial charge on any atom is 0.160 e. The number of hydrogen-bond donors (Lipinski definition) is 0. The molecule has 0 spiro atoms. The lowest BCUT2D eigenvalue weighted by Gasteiger charge is -2.17. The molecule has 0 aliphatic rings. The second kappa shape index (κ2) is 16.5. The van der Waals surface area contributed by atoms with Crippen LogP contribution in [-0.2, 0) is 0 Å². The first-order valence-electron chi connectivity index (χ1n) is 21.2. The summed E-state index contributed by atoms with van der Waals surface area (Å²) in [6.45, 7) is 0. The van der Waals surface area contributed by atoms with Crippen LogP contribution in [0.4, 0.5) is 0 Å². The molecule has 0 atom stereocenters. The van der Waals surface area contributed by atoms with Gasteiger partial charge in [-0.1, -0.05) is 152 Å². The lowest BCUT2D eigenvalue weighted by Crippen LogP contribution is -2.02. The normalized spacial score (nSPS) is 11.0. The largest absolute Gasteiger partial charge is 0.309 e. The Morgan fingerprint density at radius 1 is 0.323 bits per heavy atom. The molecule has 3 aromatic heterocycles. The van der Waals surface area contributed by atoms with Crippen molar-refractivity contribution in [3.8, 4) is 96.8 Å². The fraction of sp³-hybridized carbons (Fsp3) is 0. The molecule has 0 saturated heterocycles. The Kier molecular flexibility index (Phi) is 9.82. The van der Waals surface area contributed by atoms with Crippen molar-refractivity contribution in [1.82, 2.24) is 24.5 Å². The van der Waals surface area contributed by atoms with Gasteiger partial charge in [0.25, 0.3) is 0 Å². The first-order valence-corrected chi connectivity index (χ1v) is 21.2. The number of nitriles is 2. The fourth-order valence-electron chi connectivity index (χ4n) is 8.56. The maximum atomic E-state index is 9.88. The summed E-state index contributed by atoms with van der Waals surface area (Å²) in [5.41, 5.74) is 14.0. The van der Waals surface area contributed by atoms with E-state index < -0.39 is 0 Å². The Hall–Kier alpha value is -9.30. The lowest BCUT2D eigenvalue weighted by molar-refractivity contribution is 1.14. The third kappa shape index (κ3) is 7.36. The molecule has 11 aromatic rings. The highest BCUT2D eigenvalue weighted by molar-refractivity contribution is 6.11. The van der Waals surface area contributed by atoms with Crippen LogP contribution in [0.2, 0.25) is 0 Å². The Balaban J connectivity index is 1.21. The highest BCUT2D eigenvalue weighted by Crippen LogP contribution is 2.41. The standard InChI is InChI=1S/C58H35N7/c59-36-38-29-39(37-60)31-46(30-38)44-25-27-48-47-23-13-14-24-54(47)65(56(48)33-44)55-28-26-45(58-62-50(40-15-5-1-6-16-40)34-51(63-58)41-17-7-2-8-18-41)32-49(55)53-35-52(42-19-9-3-10-20-42)61-57(64-53)43-21-11-4-12-22-43/h1-35H. The van der Waals surface area contributed by atoms with Crippen molar-refractivity contribution in [2.45, 2.75) is 0 Å². The van der Waals surface area contributed by atoms with E-state index in [4.69, 9.17) is 19.9 Å². The van der Waals surface area contributed by atoms with Gasteiger partial charge in [0.2, 0.25) is 0 Å². The molecule has 7 nitrogen and oxygen atoms in total. The molecule has 0 N–H and O–H groups in total. The molecule has 3 heterocycles. The van der Waals surface area contributed by atoms with Crippen molar-refractivity contribution in [2.24, 2.45) is 0 Å². The molecule has 0 unspecified atom stereocenters. The molecular formula is C58H35N7. The highest BCUT2D eigenvalue weighted by atomic mass is 15.0. The van der Waals surface area contributed by atoms with E-state index in [-0.39, 0.29) is 0 Å². The lowest BCUT2D eigenvalue weighted by atomic mass is 9.99. The van der Waals surface area contributed by atoms with Crippen molar-refractivity contribution in [3.05, 3.63) is 223 Å². The number of rotatable bonds is 8. The fourth-order valence-corrected chi connectivity index (χ4v) is 8.56. The van der Waals surface area contributed by atoms with Crippen molar-refractivity contribution in [3.63, 3.8) is 0 Å². The van der Waals surface area contributed by atoms with Crippen LogP contribution in [0.3, 0.4) is 0 Å². The molecule has 0 aliphatic heterocycles. The number of fused-ring (bicyclic) bond motifs is 3. The SMILES string of the molecule is N#Cc1cc(C#N)cc(-c2ccc3c4ccccc4n(-c4ccc(-c5nc(-c6ccccc6)cc(-c6ccccc6)n5)cc4-c4cc(-c5ccccc5)nc(-c5ccccc5)n4)c3c2)c1. The number of nitrogens with zero attached hydrogens (tertiary/aromatic N) is 7. The highest BCUT2D eigenvalue weighted by Gasteiger charge is 2.21. The van der Waals surface area contributed by atoms with Gasteiger partial charge in [-0.15, -0.1) is 0 Å². The van der Waals surface area contributed by atoms with E-state index in [0.29, 0.717) is 22.8 Å². The third-order valence-electron chi connectivity index (χ3n) is 11.7. The Morgan fingerprint density at radius 3 is 1.35 bits per heavy atom. The van der Waals surface area contributed by atoms with Crippen LogP contribution in [-0.4, -0.2) is 24.5 Å². The number of para-hydroxylation sites is 1. The van der Waals surface area contributed by atoms with Gasteiger partial charge in [-0.2, -0.15) is 10.5 Å². The summed E-state index contributed by atoms with van der Waals surface area (Å²) in [6, 6.07) is 75.6. The smallest absolute Gasteiger partial charge is 0.160 e. The monoisotopic (exact) mass is 829 g/mol. The Labute approximate surface area is 375 Å². The van der Waals surface area contributed by atoms with E-state index in [9.17, 15) is 10.5 Å². The summed E-state index contributed by atoms with van der Waals surface area (Å²) in [6.07, 6.45) is 0. The van der Waals surface area contributed by atoms with E-state index in [0.717, 1.165) is 94.8 Å². The van der Waals surface area contributed by atoms with Crippen LogP contribution < -0.4 is 0 Å². The van der Waals surface area contributed by atoms with Gasteiger partial charge in [0.15, 0.2) is 11.6 Å². The maximum absolute atomic E-state index is 9.88. The van der Waals surface area contributed by atoms with Gasteiger partial charge in [-0.3, -0.25) is 0 Å². The molecule has 65 heavy (non-hydrogen) atoms. The summed E-state index contributed by atoms with van der Waals surface area (Å²) >= 11 is 0. The molecule has 302 valence electrons. The number of hydrogen-bond acceptors (Lipinski definition) is 6. The average molecular weight is 830 g/mol. The van der Waals surface area contributed by atoms with Gasteiger partial charge in [-0.05, 0) is 71.8 Å². The molecule has 0 bridgehead atoms. The minimum atomic E-state index is 0.429. The second-order valence-corrected chi connectivity index (χ2v) is 15.7. The van der Waals surface area contributed by atoms with Gasteiger partial charge in [0.1, 0.15) is 0 Å². The van der Waals surface area contributed by atoms with E-state index in [1.54, 1.807) is 6.07 Å². The molecule has 0 radical (unpaired) electrons. The van der Waals surface area contributed by atoms with E-state index >= 15 is 0 Å².